The summed E-state index contributed by atoms with van der Waals surface area (Å²) in [6.45, 7) is 7.60. The van der Waals surface area contributed by atoms with E-state index in [0.29, 0.717) is 0 Å². The van der Waals surface area contributed by atoms with E-state index in [9.17, 15) is 0 Å². The number of nitrogens with one attached hydrogen (secondary N) is 2. The van der Waals surface area contributed by atoms with E-state index < -0.39 is 0 Å². The number of aryl methyl sites for hydroxylation is 1. The van der Waals surface area contributed by atoms with Crippen LogP contribution in [0.1, 0.15) is 25.8 Å². The van der Waals surface area contributed by atoms with E-state index in [1.807, 2.05) is 0 Å². The van der Waals surface area contributed by atoms with Gasteiger partial charge in [0.2, 0.25) is 0 Å². The van der Waals surface area contributed by atoms with Crippen LogP contribution in [0.5, 0.6) is 0 Å². The molecule has 0 radical (unpaired) electrons. The smallest absolute Gasteiger partial charge is 0.0583 e. The van der Waals surface area contributed by atoms with Crippen LogP contribution < -0.4 is 10.6 Å². The van der Waals surface area contributed by atoms with Crippen molar-refractivity contribution in [2.75, 3.05) is 17.2 Å². The first-order chi connectivity index (χ1) is 6.63. The maximum atomic E-state index is 3.60. The molecular weight excluding hydrogens is 172 g/mol. The minimum absolute atomic E-state index is 0.195. The molecule has 0 aliphatic carbocycles. The Hall–Kier alpha value is -1.18. The molecule has 1 aromatic rings. The molecule has 2 rings (SSSR count). The Balaban J connectivity index is 2.33. The van der Waals surface area contributed by atoms with Gasteiger partial charge in [-0.05, 0) is 38.0 Å². The molecule has 2 nitrogen and oxygen atoms in total. The normalized spacial score (nSPS) is 24.8. The predicted molar refractivity (Wildman–Crippen MR) is 62.0 cm³/mol. The summed E-state index contributed by atoms with van der Waals surface area (Å²) in [5.41, 5.74) is 3.96. The Morgan fingerprint density at radius 1 is 1.36 bits per heavy atom. The van der Waals surface area contributed by atoms with Gasteiger partial charge in [0.25, 0.3) is 0 Å². The fraction of sp³-hybridized carbons (Fsp3) is 0.500. The molecule has 1 aliphatic rings. The van der Waals surface area contributed by atoms with Crippen LogP contribution in [0.25, 0.3) is 0 Å². The van der Waals surface area contributed by atoms with Crippen LogP contribution in [0.15, 0.2) is 18.2 Å². The van der Waals surface area contributed by atoms with Gasteiger partial charge in [0, 0.05) is 6.54 Å². The lowest BCUT2D eigenvalue weighted by molar-refractivity contribution is 0.513. The van der Waals surface area contributed by atoms with Gasteiger partial charge in [0.1, 0.15) is 0 Å². The average molecular weight is 190 g/mol. The van der Waals surface area contributed by atoms with Crippen molar-refractivity contribution in [1.82, 2.24) is 0 Å². The average Bonchev–Trinajstić information content (AvgIpc) is 2.17. The standard InChI is InChI=1S/C12H18N2/c1-4-12(3)8-13-10-6-5-9(2)7-11(10)14-12/h5-7,13-14H,4,8H2,1-3H3. The second-order valence-corrected chi connectivity index (χ2v) is 4.44. The molecule has 1 aliphatic heterocycles. The number of rotatable bonds is 1. The number of benzene rings is 1. The van der Waals surface area contributed by atoms with Crippen molar-refractivity contribution in [1.29, 1.82) is 0 Å². The summed E-state index contributed by atoms with van der Waals surface area (Å²) in [4.78, 5) is 0. The largest absolute Gasteiger partial charge is 0.381 e. The molecule has 2 heteroatoms. The van der Waals surface area contributed by atoms with E-state index in [2.05, 4.69) is 49.6 Å². The van der Waals surface area contributed by atoms with Crippen molar-refractivity contribution in [3.05, 3.63) is 23.8 Å². The quantitative estimate of drug-likeness (QED) is 0.711. The van der Waals surface area contributed by atoms with Crippen molar-refractivity contribution in [3.8, 4) is 0 Å². The fourth-order valence-corrected chi connectivity index (χ4v) is 1.79. The molecular formula is C12H18N2. The lowest BCUT2D eigenvalue weighted by atomic mass is 9.95. The molecule has 0 spiro atoms. The third kappa shape index (κ3) is 1.57. The van der Waals surface area contributed by atoms with Gasteiger partial charge in [-0.25, -0.2) is 0 Å². The summed E-state index contributed by atoms with van der Waals surface area (Å²) in [7, 11) is 0. The lowest BCUT2D eigenvalue weighted by Crippen LogP contribution is -2.44. The number of fused-ring (bicyclic) bond motifs is 1. The highest BCUT2D eigenvalue weighted by Gasteiger charge is 2.26. The third-order valence-corrected chi connectivity index (χ3v) is 3.06. The molecule has 2 N–H and O–H groups in total. The van der Waals surface area contributed by atoms with Crippen molar-refractivity contribution in [3.63, 3.8) is 0 Å². The predicted octanol–water partition coefficient (Wildman–Crippen LogP) is 3.00. The lowest BCUT2D eigenvalue weighted by Gasteiger charge is -2.37. The van der Waals surface area contributed by atoms with Gasteiger partial charge in [-0.2, -0.15) is 0 Å². The summed E-state index contributed by atoms with van der Waals surface area (Å²) in [6, 6.07) is 6.49. The topological polar surface area (TPSA) is 24.1 Å². The number of hydrogen-bond acceptors (Lipinski definition) is 2. The Kier molecular flexibility index (Phi) is 2.14. The second kappa shape index (κ2) is 3.19. The van der Waals surface area contributed by atoms with E-state index in [-0.39, 0.29) is 5.54 Å². The molecule has 14 heavy (non-hydrogen) atoms. The van der Waals surface area contributed by atoms with Crippen molar-refractivity contribution in [2.45, 2.75) is 32.7 Å². The van der Waals surface area contributed by atoms with Gasteiger partial charge in [-0.1, -0.05) is 13.0 Å². The summed E-state index contributed by atoms with van der Waals surface area (Å²) in [5.74, 6) is 0. The van der Waals surface area contributed by atoms with E-state index in [1.165, 1.54) is 16.9 Å². The molecule has 1 atom stereocenters. The minimum atomic E-state index is 0.195. The zero-order valence-electron chi connectivity index (χ0n) is 9.15. The molecule has 1 aromatic carbocycles. The Morgan fingerprint density at radius 3 is 2.86 bits per heavy atom. The summed E-state index contributed by atoms with van der Waals surface area (Å²) >= 11 is 0. The van der Waals surface area contributed by atoms with E-state index in [1.54, 1.807) is 0 Å². The fourth-order valence-electron chi connectivity index (χ4n) is 1.79. The first-order valence-electron chi connectivity index (χ1n) is 5.26. The molecule has 0 aromatic heterocycles. The van der Waals surface area contributed by atoms with Gasteiger partial charge in [0.15, 0.2) is 0 Å². The molecule has 0 saturated carbocycles. The first-order valence-corrected chi connectivity index (χ1v) is 5.26. The summed E-state index contributed by atoms with van der Waals surface area (Å²) < 4.78 is 0. The number of anilines is 2. The van der Waals surface area contributed by atoms with Crippen LogP contribution in [0.4, 0.5) is 11.4 Å². The Morgan fingerprint density at radius 2 is 2.14 bits per heavy atom. The Bertz CT molecular complexity index is 346. The molecule has 0 bridgehead atoms. The van der Waals surface area contributed by atoms with Crippen LogP contribution >= 0.6 is 0 Å². The van der Waals surface area contributed by atoms with Crippen LogP contribution in [0.2, 0.25) is 0 Å². The van der Waals surface area contributed by atoms with Gasteiger partial charge in [0.05, 0.1) is 16.9 Å². The van der Waals surface area contributed by atoms with E-state index in [0.717, 1.165) is 13.0 Å². The van der Waals surface area contributed by atoms with Crippen molar-refractivity contribution in [2.24, 2.45) is 0 Å². The van der Waals surface area contributed by atoms with Gasteiger partial charge >= 0.3 is 0 Å². The van der Waals surface area contributed by atoms with Gasteiger partial charge in [-0.15, -0.1) is 0 Å². The maximum Gasteiger partial charge on any atom is 0.0583 e. The maximum absolute atomic E-state index is 3.60. The highest BCUT2D eigenvalue weighted by atomic mass is 15.1. The second-order valence-electron chi connectivity index (χ2n) is 4.44. The van der Waals surface area contributed by atoms with Crippen molar-refractivity contribution >= 4 is 11.4 Å². The molecule has 0 amide bonds. The van der Waals surface area contributed by atoms with Crippen LogP contribution in [0, 0.1) is 6.92 Å². The van der Waals surface area contributed by atoms with E-state index in [4.69, 9.17) is 0 Å². The Labute approximate surface area is 85.7 Å². The summed E-state index contributed by atoms with van der Waals surface area (Å²) in [6.07, 6.45) is 1.13. The van der Waals surface area contributed by atoms with Crippen LogP contribution in [-0.4, -0.2) is 12.1 Å². The molecule has 0 fully saturated rings. The first kappa shape index (κ1) is 9.38. The highest BCUT2D eigenvalue weighted by molar-refractivity contribution is 5.72. The van der Waals surface area contributed by atoms with Crippen LogP contribution in [-0.2, 0) is 0 Å². The number of hydrogen-bond donors (Lipinski definition) is 2. The molecule has 1 unspecified atom stereocenters. The van der Waals surface area contributed by atoms with Gasteiger partial charge in [-0.3, -0.25) is 0 Å². The van der Waals surface area contributed by atoms with E-state index >= 15 is 0 Å². The minimum Gasteiger partial charge on any atom is -0.381 e. The zero-order chi connectivity index (χ0) is 10.2. The SMILES string of the molecule is CCC1(C)CNc2ccc(C)cc2N1. The molecule has 0 saturated heterocycles. The third-order valence-electron chi connectivity index (χ3n) is 3.06. The molecule has 76 valence electrons. The van der Waals surface area contributed by atoms with Crippen molar-refractivity contribution < 1.29 is 0 Å². The monoisotopic (exact) mass is 190 g/mol. The molecule has 1 heterocycles. The van der Waals surface area contributed by atoms with Gasteiger partial charge < -0.3 is 10.6 Å². The highest BCUT2D eigenvalue weighted by Crippen LogP contribution is 2.31. The summed E-state index contributed by atoms with van der Waals surface area (Å²) in [5, 5.41) is 7.07. The van der Waals surface area contributed by atoms with Crippen LogP contribution in [0.3, 0.4) is 0 Å². The zero-order valence-corrected chi connectivity index (χ0v) is 9.15.